The molecule has 0 aliphatic rings. The number of pyridine rings is 1. The van der Waals surface area contributed by atoms with E-state index < -0.39 is 17.5 Å². The number of halogens is 3. The summed E-state index contributed by atoms with van der Waals surface area (Å²) in [5, 5.41) is 13.4. The Morgan fingerprint density at radius 2 is 2.05 bits per heavy atom. The van der Waals surface area contributed by atoms with Crippen molar-refractivity contribution in [2.75, 3.05) is 11.9 Å². The minimum atomic E-state index is -4.16. The van der Waals surface area contributed by atoms with Crippen molar-refractivity contribution < 1.29 is 18.1 Å². The predicted molar refractivity (Wildman–Crippen MR) is 64.0 cm³/mol. The first-order valence-corrected chi connectivity index (χ1v) is 5.72. The fourth-order valence-electron chi connectivity index (χ4n) is 1.48. The molecule has 0 aliphatic carbocycles. The van der Waals surface area contributed by atoms with Crippen molar-refractivity contribution in [3.05, 3.63) is 27.9 Å². The molecule has 0 spiro atoms. The summed E-state index contributed by atoms with van der Waals surface area (Å²) in [5.74, 6) is 0.0945. The maximum atomic E-state index is 11.9. The van der Waals surface area contributed by atoms with Crippen LogP contribution in [-0.4, -0.2) is 22.6 Å². The van der Waals surface area contributed by atoms with Crippen LogP contribution in [0.2, 0.25) is 0 Å². The lowest BCUT2D eigenvalue weighted by molar-refractivity contribution is -0.384. The van der Waals surface area contributed by atoms with Gasteiger partial charge in [-0.25, -0.2) is 4.98 Å². The van der Waals surface area contributed by atoms with E-state index in [1.165, 1.54) is 12.1 Å². The highest BCUT2D eigenvalue weighted by Gasteiger charge is 2.25. The van der Waals surface area contributed by atoms with Gasteiger partial charge in [-0.15, -0.1) is 0 Å². The van der Waals surface area contributed by atoms with E-state index in [2.05, 4.69) is 10.3 Å². The van der Waals surface area contributed by atoms with E-state index in [9.17, 15) is 23.3 Å². The molecule has 0 atom stereocenters. The van der Waals surface area contributed by atoms with Crippen LogP contribution in [0.15, 0.2) is 12.1 Å². The quantitative estimate of drug-likeness (QED) is 0.491. The van der Waals surface area contributed by atoms with Crippen molar-refractivity contribution in [2.45, 2.75) is 32.4 Å². The van der Waals surface area contributed by atoms with Gasteiger partial charge in [0.05, 0.1) is 4.92 Å². The number of aryl methyl sites for hydroxylation is 1. The summed E-state index contributed by atoms with van der Waals surface area (Å²) in [7, 11) is 0. The van der Waals surface area contributed by atoms with Crippen LogP contribution in [0.5, 0.6) is 0 Å². The number of aromatic nitrogens is 1. The van der Waals surface area contributed by atoms with E-state index in [-0.39, 0.29) is 30.9 Å². The summed E-state index contributed by atoms with van der Waals surface area (Å²) in [5.41, 5.74) is 0.421. The van der Waals surface area contributed by atoms with Crippen LogP contribution < -0.4 is 5.32 Å². The van der Waals surface area contributed by atoms with Crippen molar-refractivity contribution >= 4 is 11.5 Å². The number of nitrogens with one attached hydrogen (secondary N) is 1. The number of nitrogens with zero attached hydrogens (tertiary/aromatic N) is 2. The summed E-state index contributed by atoms with van der Waals surface area (Å²) in [6, 6.07) is 2.83. The molecule has 1 N–H and O–H groups in total. The second-order valence-electron chi connectivity index (χ2n) is 4.08. The van der Waals surface area contributed by atoms with Gasteiger partial charge in [-0.2, -0.15) is 13.2 Å². The van der Waals surface area contributed by atoms with E-state index >= 15 is 0 Å². The Morgan fingerprint density at radius 1 is 1.37 bits per heavy atom. The summed E-state index contributed by atoms with van der Waals surface area (Å²) in [6.45, 7) is 1.89. The summed E-state index contributed by atoms with van der Waals surface area (Å²) in [6.07, 6.45) is -4.76. The van der Waals surface area contributed by atoms with Gasteiger partial charge in [0.25, 0.3) is 0 Å². The Bertz CT molecular complexity index is 449. The van der Waals surface area contributed by atoms with Crippen molar-refractivity contribution in [3.63, 3.8) is 0 Å². The average molecular weight is 277 g/mol. The first kappa shape index (κ1) is 15.2. The number of hydrogen-bond acceptors (Lipinski definition) is 4. The third kappa shape index (κ3) is 5.54. The van der Waals surface area contributed by atoms with Crippen LogP contribution in [0.4, 0.5) is 24.7 Å². The van der Waals surface area contributed by atoms with E-state index in [0.29, 0.717) is 5.69 Å². The summed E-state index contributed by atoms with van der Waals surface area (Å²) in [4.78, 5) is 14.1. The van der Waals surface area contributed by atoms with Gasteiger partial charge < -0.3 is 5.32 Å². The lowest BCUT2D eigenvalue weighted by atomic mass is 10.2. The largest absolute Gasteiger partial charge is 0.389 e. The van der Waals surface area contributed by atoms with Gasteiger partial charge in [0.15, 0.2) is 0 Å². The normalized spacial score (nSPS) is 11.4. The number of anilines is 1. The molecular weight excluding hydrogens is 263 g/mol. The predicted octanol–water partition coefficient (Wildman–Crippen LogP) is 3.44. The molecule has 8 heteroatoms. The minimum absolute atomic E-state index is 0.0177. The topological polar surface area (TPSA) is 68.1 Å². The van der Waals surface area contributed by atoms with E-state index in [1.54, 1.807) is 6.92 Å². The maximum absolute atomic E-state index is 11.9. The highest BCUT2D eigenvalue weighted by molar-refractivity contribution is 5.55. The second-order valence-corrected chi connectivity index (χ2v) is 4.08. The standard InChI is InChI=1S/C11H14F3N3O2/c1-8-4-5-9(17(18)19)10(16-8)15-7-3-2-6-11(12,13)14/h4-5H,2-3,6-7H2,1H3,(H,15,16). The molecule has 19 heavy (non-hydrogen) atoms. The lowest BCUT2D eigenvalue weighted by Gasteiger charge is -2.08. The molecule has 0 saturated heterocycles. The second kappa shape index (κ2) is 6.35. The molecule has 0 saturated carbocycles. The third-order valence-electron chi connectivity index (χ3n) is 2.39. The van der Waals surface area contributed by atoms with Crippen LogP contribution in [-0.2, 0) is 0 Å². The highest BCUT2D eigenvalue weighted by atomic mass is 19.4. The molecule has 1 heterocycles. The number of unbranched alkanes of at least 4 members (excludes halogenated alkanes) is 1. The van der Waals surface area contributed by atoms with Crippen LogP contribution in [0.3, 0.4) is 0 Å². The Balaban J connectivity index is 2.49. The van der Waals surface area contributed by atoms with Crippen LogP contribution in [0.1, 0.15) is 25.0 Å². The van der Waals surface area contributed by atoms with Crippen LogP contribution in [0.25, 0.3) is 0 Å². The Labute approximate surface area is 108 Å². The SMILES string of the molecule is Cc1ccc([N+](=O)[O-])c(NCCCCC(F)(F)F)n1. The summed E-state index contributed by atoms with van der Waals surface area (Å²) < 4.78 is 35.7. The fraction of sp³-hybridized carbons (Fsp3) is 0.545. The van der Waals surface area contributed by atoms with Gasteiger partial charge in [0, 0.05) is 24.7 Å². The van der Waals surface area contributed by atoms with Crippen molar-refractivity contribution in [3.8, 4) is 0 Å². The lowest BCUT2D eigenvalue weighted by Crippen LogP contribution is -2.10. The monoisotopic (exact) mass is 277 g/mol. The maximum Gasteiger partial charge on any atom is 0.389 e. The van der Waals surface area contributed by atoms with Gasteiger partial charge in [-0.1, -0.05) is 0 Å². The molecule has 0 aliphatic heterocycles. The zero-order valence-electron chi connectivity index (χ0n) is 10.3. The molecule has 5 nitrogen and oxygen atoms in total. The number of nitro groups is 1. The zero-order valence-corrected chi connectivity index (χ0v) is 10.3. The molecule has 106 valence electrons. The molecule has 0 unspecified atom stereocenters. The summed E-state index contributed by atoms with van der Waals surface area (Å²) >= 11 is 0. The van der Waals surface area contributed by atoms with Crippen LogP contribution >= 0.6 is 0 Å². The Hall–Kier alpha value is -1.86. The zero-order chi connectivity index (χ0) is 14.5. The molecule has 0 fully saturated rings. The molecular formula is C11H14F3N3O2. The first-order chi connectivity index (χ1) is 8.79. The van der Waals surface area contributed by atoms with Gasteiger partial charge in [-0.3, -0.25) is 10.1 Å². The Morgan fingerprint density at radius 3 is 2.63 bits per heavy atom. The molecule has 1 aromatic rings. The smallest absolute Gasteiger partial charge is 0.364 e. The molecule has 0 radical (unpaired) electrons. The van der Waals surface area contributed by atoms with Gasteiger partial charge in [0.2, 0.25) is 5.82 Å². The molecule has 0 aromatic carbocycles. The first-order valence-electron chi connectivity index (χ1n) is 5.72. The Kier molecular flexibility index (Phi) is 5.08. The van der Waals surface area contributed by atoms with E-state index in [4.69, 9.17) is 0 Å². The van der Waals surface area contributed by atoms with Crippen molar-refractivity contribution in [1.82, 2.24) is 4.98 Å². The minimum Gasteiger partial charge on any atom is -0.364 e. The molecule has 1 rings (SSSR count). The fourth-order valence-corrected chi connectivity index (χ4v) is 1.48. The number of rotatable bonds is 6. The third-order valence-corrected chi connectivity index (χ3v) is 2.39. The van der Waals surface area contributed by atoms with Gasteiger partial charge in [0.1, 0.15) is 0 Å². The molecule has 0 amide bonds. The highest BCUT2D eigenvalue weighted by Crippen LogP contribution is 2.23. The van der Waals surface area contributed by atoms with Gasteiger partial charge >= 0.3 is 11.9 Å². The van der Waals surface area contributed by atoms with Crippen LogP contribution in [0, 0.1) is 17.0 Å². The average Bonchev–Trinajstić information content (AvgIpc) is 2.26. The molecule has 0 bridgehead atoms. The number of hydrogen-bond donors (Lipinski definition) is 1. The van der Waals surface area contributed by atoms with Crippen molar-refractivity contribution in [1.29, 1.82) is 0 Å². The van der Waals surface area contributed by atoms with E-state index in [1.807, 2.05) is 0 Å². The number of alkyl halides is 3. The van der Waals surface area contributed by atoms with Gasteiger partial charge in [-0.05, 0) is 25.8 Å². The molecule has 1 aromatic heterocycles. The van der Waals surface area contributed by atoms with Crippen molar-refractivity contribution in [2.24, 2.45) is 0 Å². The van der Waals surface area contributed by atoms with E-state index in [0.717, 1.165) is 0 Å².